The van der Waals surface area contributed by atoms with Crippen molar-refractivity contribution in [1.82, 2.24) is 0 Å². The number of hydrogen-bond donors (Lipinski definition) is 2. The van der Waals surface area contributed by atoms with Crippen molar-refractivity contribution < 1.29 is 44.6 Å². The van der Waals surface area contributed by atoms with Gasteiger partial charge in [0.15, 0.2) is 0 Å². The van der Waals surface area contributed by atoms with Gasteiger partial charge in [0.25, 0.3) is 0 Å². The molecule has 0 aliphatic carbocycles. The van der Waals surface area contributed by atoms with Crippen LogP contribution in [0.5, 0.6) is 0 Å². The topological polar surface area (TPSA) is 86.4 Å². The van der Waals surface area contributed by atoms with Gasteiger partial charge in [-0.1, -0.05) is 30.3 Å². The largest absolute Gasteiger partial charge is 1.00 e. The van der Waals surface area contributed by atoms with Gasteiger partial charge in [0.05, 0.1) is 12.0 Å². The van der Waals surface area contributed by atoms with Gasteiger partial charge in [-0.15, -0.1) is 0 Å². The summed E-state index contributed by atoms with van der Waals surface area (Å²) in [7, 11) is 0. The number of carbonyl (C=O) groups excluding carboxylic acids is 1. The van der Waals surface area contributed by atoms with Gasteiger partial charge in [-0.2, -0.15) is 0 Å². The van der Waals surface area contributed by atoms with Crippen LogP contribution in [0.15, 0.2) is 30.3 Å². The van der Waals surface area contributed by atoms with E-state index < -0.39 is 18.1 Å². The molecule has 0 saturated heterocycles. The molecule has 0 amide bonds. The SMILES string of the molecule is N[C@@H](c1ccccc1)[C@@H](O)C(=O)[O-].[Na+]. The zero-order chi connectivity index (χ0) is 9.84. The van der Waals surface area contributed by atoms with Crippen LogP contribution in [0.4, 0.5) is 0 Å². The minimum Gasteiger partial charge on any atom is -0.547 e. The molecule has 4 nitrogen and oxygen atoms in total. The average Bonchev–Trinajstić information content (AvgIpc) is 2.17. The summed E-state index contributed by atoms with van der Waals surface area (Å²) < 4.78 is 0. The van der Waals surface area contributed by atoms with Crippen LogP contribution in [0.25, 0.3) is 0 Å². The van der Waals surface area contributed by atoms with E-state index in [0.717, 1.165) is 0 Å². The zero-order valence-corrected chi connectivity index (χ0v) is 9.88. The van der Waals surface area contributed by atoms with E-state index in [9.17, 15) is 9.90 Å². The second-order valence-corrected chi connectivity index (χ2v) is 2.70. The quantitative estimate of drug-likeness (QED) is 0.488. The summed E-state index contributed by atoms with van der Waals surface area (Å²) in [6.45, 7) is 0. The predicted octanol–water partition coefficient (Wildman–Crippen LogP) is -4.20. The third-order valence-corrected chi connectivity index (χ3v) is 1.77. The summed E-state index contributed by atoms with van der Waals surface area (Å²) in [6.07, 6.45) is -1.66. The van der Waals surface area contributed by atoms with Crippen LogP contribution in [0, 0.1) is 0 Å². The van der Waals surface area contributed by atoms with E-state index in [4.69, 9.17) is 10.8 Å². The van der Waals surface area contributed by atoms with Gasteiger partial charge >= 0.3 is 29.6 Å². The Balaban J connectivity index is 0.00000169. The molecular weight excluding hydrogens is 193 g/mol. The Kier molecular flexibility index (Phi) is 5.99. The molecule has 0 aliphatic rings. The smallest absolute Gasteiger partial charge is 0.547 e. The molecule has 2 atom stereocenters. The summed E-state index contributed by atoms with van der Waals surface area (Å²) in [5, 5.41) is 19.3. The molecule has 1 aromatic rings. The fourth-order valence-electron chi connectivity index (χ4n) is 1.00. The molecule has 0 spiro atoms. The van der Waals surface area contributed by atoms with Gasteiger partial charge in [-0.05, 0) is 5.56 Å². The molecule has 0 heterocycles. The van der Waals surface area contributed by atoms with Crippen LogP contribution in [-0.2, 0) is 4.79 Å². The minimum atomic E-state index is -1.66. The Hall–Kier alpha value is -0.390. The van der Waals surface area contributed by atoms with Crippen molar-refractivity contribution >= 4 is 5.97 Å². The number of carboxylic acid groups (broad SMARTS) is 1. The molecule has 5 heteroatoms. The molecule has 3 N–H and O–H groups in total. The Bertz CT molecular complexity index is 291. The van der Waals surface area contributed by atoms with Crippen LogP contribution < -0.4 is 40.4 Å². The molecule has 0 unspecified atom stereocenters. The van der Waals surface area contributed by atoms with Crippen LogP contribution in [-0.4, -0.2) is 17.2 Å². The fraction of sp³-hybridized carbons (Fsp3) is 0.222. The molecule has 0 aromatic heterocycles. The maximum Gasteiger partial charge on any atom is 1.00 e. The monoisotopic (exact) mass is 203 g/mol. The molecule has 0 radical (unpaired) electrons. The van der Waals surface area contributed by atoms with Crippen molar-refractivity contribution in [2.24, 2.45) is 5.73 Å². The summed E-state index contributed by atoms with van der Waals surface area (Å²) >= 11 is 0. The average molecular weight is 203 g/mol. The van der Waals surface area contributed by atoms with Gasteiger partial charge in [0.2, 0.25) is 0 Å². The first-order chi connectivity index (χ1) is 6.13. The van der Waals surface area contributed by atoms with Gasteiger partial charge in [0, 0.05) is 0 Å². The van der Waals surface area contributed by atoms with Crippen LogP contribution in [0.3, 0.4) is 0 Å². The molecule has 14 heavy (non-hydrogen) atoms. The number of aliphatic hydroxyl groups is 1. The molecular formula is C9H10NNaO3. The molecule has 0 fully saturated rings. The first kappa shape index (κ1) is 13.6. The van der Waals surface area contributed by atoms with Gasteiger partial charge in [0.1, 0.15) is 6.10 Å². The summed E-state index contributed by atoms with van der Waals surface area (Å²) in [5.74, 6) is -1.56. The maximum atomic E-state index is 10.3. The van der Waals surface area contributed by atoms with Gasteiger partial charge in [-0.3, -0.25) is 0 Å². The fourth-order valence-corrected chi connectivity index (χ4v) is 1.00. The second kappa shape index (κ2) is 6.16. The number of aliphatic hydroxyl groups excluding tert-OH is 1. The Morgan fingerprint density at radius 2 is 1.86 bits per heavy atom. The normalized spacial score (nSPS) is 13.9. The summed E-state index contributed by atoms with van der Waals surface area (Å²) in [6, 6.07) is 7.58. The molecule has 0 saturated carbocycles. The molecule has 1 aromatic carbocycles. The van der Waals surface area contributed by atoms with Crippen molar-refractivity contribution in [3.05, 3.63) is 35.9 Å². The number of carboxylic acids is 1. The van der Waals surface area contributed by atoms with Crippen molar-refractivity contribution in [1.29, 1.82) is 0 Å². The van der Waals surface area contributed by atoms with E-state index in [1.165, 1.54) is 0 Å². The van der Waals surface area contributed by atoms with Crippen LogP contribution >= 0.6 is 0 Å². The Labute approximate surface area is 104 Å². The third-order valence-electron chi connectivity index (χ3n) is 1.77. The Morgan fingerprint density at radius 1 is 1.36 bits per heavy atom. The van der Waals surface area contributed by atoms with Crippen molar-refractivity contribution in [2.45, 2.75) is 12.1 Å². The van der Waals surface area contributed by atoms with E-state index in [0.29, 0.717) is 5.56 Å². The van der Waals surface area contributed by atoms with Crippen molar-refractivity contribution in [3.63, 3.8) is 0 Å². The zero-order valence-electron chi connectivity index (χ0n) is 7.88. The van der Waals surface area contributed by atoms with E-state index in [1.54, 1.807) is 30.3 Å². The number of aliphatic carboxylic acids is 1. The third kappa shape index (κ3) is 3.40. The first-order valence-corrected chi connectivity index (χ1v) is 3.82. The summed E-state index contributed by atoms with van der Waals surface area (Å²) in [4.78, 5) is 10.3. The van der Waals surface area contributed by atoms with E-state index in [2.05, 4.69) is 0 Å². The molecule has 0 bridgehead atoms. The second-order valence-electron chi connectivity index (χ2n) is 2.70. The Morgan fingerprint density at radius 3 is 2.29 bits per heavy atom. The van der Waals surface area contributed by atoms with Crippen LogP contribution in [0.1, 0.15) is 11.6 Å². The number of rotatable bonds is 3. The number of hydrogen-bond acceptors (Lipinski definition) is 4. The van der Waals surface area contributed by atoms with Gasteiger partial charge in [-0.25, -0.2) is 0 Å². The first-order valence-electron chi connectivity index (χ1n) is 3.82. The van der Waals surface area contributed by atoms with Crippen molar-refractivity contribution in [2.75, 3.05) is 0 Å². The number of benzene rings is 1. The van der Waals surface area contributed by atoms with Gasteiger partial charge < -0.3 is 20.7 Å². The maximum absolute atomic E-state index is 10.3. The van der Waals surface area contributed by atoms with Crippen molar-refractivity contribution in [3.8, 4) is 0 Å². The number of nitrogens with two attached hydrogens (primary N) is 1. The number of carbonyl (C=O) groups is 1. The molecule has 70 valence electrons. The molecule has 0 aliphatic heterocycles. The van der Waals surface area contributed by atoms with E-state index in [1.807, 2.05) is 0 Å². The van der Waals surface area contributed by atoms with E-state index in [-0.39, 0.29) is 29.6 Å². The standard InChI is InChI=1S/C9H11NO3.Na/c10-7(8(11)9(12)13)6-4-2-1-3-5-6;/h1-5,7-8,11H,10H2,(H,12,13);/q;+1/p-1/t7-,8+;/m0./s1. The predicted molar refractivity (Wildman–Crippen MR) is 44.4 cm³/mol. The van der Waals surface area contributed by atoms with Crippen LogP contribution in [0.2, 0.25) is 0 Å². The molecule has 1 rings (SSSR count). The van der Waals surface area contributed by atoms with E-state index >= 15 is 0 Å². The summed E-state index contributed by atoms with van der Waals surface area (Å²) in [5.41, 5.74) is 6.04. The minimum absolute atomic E-state index is 0.